The van der Waals surface area contributed by atoms with E-state index < -0.39 is 34.6 Å². The van der Waals surface area contributed by atoms with Crippen molar-refractivity contribution in [2.45, 2.75) is 0 Å². The van der Waals surface area contributed by atoms with Gasteiger partial charge in [0.15, 0.2) is 11.6 Å². The monoisotopic (exact) mass is 314 g/mol. The Morgan fingerprint density at radius 3 is 2.68 bits per heavy atom. The lowest BCUT2D eigenvalue weighted by atomic mass is 10.1. The molecule has 1 aliphatic rings. The minimum Gasteiger partial charge on any atom is -0.478 e. The van der Waals surface area contributed by atoms with Crippen molar-refractivity contribution >= 4 is 11.9 Å². The maximum Gasteiger partial charge on any atom is 0.336 e. The Balaban J connectivity index is 2.08. The van der Waals surface area contributed by atoms with E-state index in [1.807, 2.05) is 0 Å². The normalized spacial score (nSPS) is 18.5. The Morgan fingerprint density at radius 1 is 1.32 bits per heavy atom. The lowest BCUT2D eigenvalue weighted by molar-refractivity contribution is 0.0689. The van der Waals surface area contributed by atoms with Crippen LogP contribution in [0.4, 0.5) is 8.78 Å². The first-order valence-corrected chi connectivity index (χ1v) is 6.78. The van der Waals surface area contributed by atoms with Crippen molar-refractivity contribution in [3.8, 4) is 0 Å². The zero-order valence-electron chi connectivity index (χ0n) is 11.7. The van der Waals surface area contributed by atoms with Crippen LogP contribution in [0, 0.1) is 17.6 Å². The number of benzene rings is 1. The third-order valence-corrected chi connectivity index (χ3v) is 3.30. The van der Waals surface area contributed by atoms with Crippen molar-refractivity contribution in [1.29, 1.82) is 0 Å². The van der Waals surface area contributed by atoms with Crippen LogP contribution in [0.3, 0.4) is 0 Å². The summed E-state index contributed by atoms with van der Waals surface area (Å²) >= 11 is 0. The molecule has 1 amide bonds. The largest absolute Gasteiger partial charge is 0.478 e. The predicted octanol–water partition coefficient (Wildman–Crippen LogP) is 0.629. The molecule has 8 heteroatoms. The van der Waals surface area contributed by atoms with Crippen LogP contribution in [0.2, 0.25) is 0 Å². The molecule has 0 bridgehead atoms. The minimum atomic E-state index is -1.50. The molecule has 1 aliphatic heterocycles. The standard InChI is InChI=1S/C14H16F2N2O4/c15-11-3-9(10(14(20)21)4-12(11)16)13(19)18-6-8-5-17-1-2-22-7-8/h3-4,8,17H,1-2,5-7H2,(H,18,19)(H,20,21). The first-order valence-electron chi connectivity index (χ1n) is 6.78. The van der Waals surface area contributed by atoms with Crippen LogP contribution in [0.15, 0.2) is 12.1 Å². The number of amides is 1. The van der Waals surface area contributed by atoms with E-state index in [0.717, 1.165) is 6.54 Å². The average Bonchev–Trinajstić information content (AvgIpc) is 2.75. The number of hydrogen-bond acceptors (Lipinski definition) is 4. The van der Waals surface area contributed by atoms with Gasteiger partial charge in [0.05, 0.1) is 24.3 Å². The van der Waals surface area contributed by atoms with Gasteiger partial charge in [-0.05, 0) is 12.1 Å². The quantitative estimate of drug-likeness (QED) is 0.759. The van der Waals surface area contributed by atoms with Crippen molar-refractivity contribution in [1.82, 2.24) is 10.6 Å². The summed E-state index contributed by atoms with van der Waals surface area (Å²) < 4.78 is 31.7. The van der Waals surface area contributed by atoms with Crippen molar-refractivity contribution in [2.75, 3.05) is 32.8 Å². The number of carboxylic acids is 1. The number of carboxylic acid groups (broad SMARTS) is 1. The molecule has 3 N–H and O–H groups in total. The van der Waals surface area contributed by atoms with Crippen LogP contribution in [0.25, 0.3) is 0 Å². The van der Waals surface area contributed by atoms with E-state index in [4.69, 9.17) is 9.84 Å². The van der Waals surface area contributed by atoms with Gasteiger partial charge in [0.1, 0.15) is 0 Å². The van der Waals surface area contributed by atoms with E-state index in [-0.39, 0.29) is 12.5 Å². The summed E-state index contributed by atoms with van der Waals surface area (Å²) in [6.07, 6.45) is 0. The SMILES string of the molecule is O=C(O)c1cc(F)c(F)cc1C(=O)NCC1CNCCOC1. The molecule has 6 nitrogen and oxygen atoms in total. The minimum absolute atomic E-state index is 0.0185. The van der Waals surface area contributed by atoms with Crippen molar-refractivity contribution in [2.24, 2.45) is 5.92 Å². The van der Waals surface area contributed by atoms with E-state index in [1.54, 1.807) is 0 Å². The van der Waals surface area contributed by atoms with E-state index in [1.165, 1.54) is 0 Å². The number of hydrogen-bond donors (Lipinski definition) is 3. The summed E-state index contributed by atoms with van der Waals surface area (Å²) in [5.74, 6) is -4.82. The number of nitrogens with one attached hydrogen (secondary N) is 2. The number of rotatable bonds is 4. The van der Waals surface area contributed by atoms with Gasteiger partial charge in [0.25, 0.3) is 5.91 Å². The zero-order valence-corrected chi connectivity index (χ0v) is 11.7. The topological polar surface area (TPSA) is 87.7 Å². The Labute approximate surface area is 125 Å². The highest BCUT2D eigenvalue weighted by molar-refractivity contribution is 6.04. The van der Waals surface area contributed by atoms with Crippen LogP contribution in [0.5, 0.6) is 0 Å². The Morgan fingerprint density at radius 2 is 2.00 bits per heavy atom. The maximum atomic E-state index is 13.3. The smallest absolute Gasteiger partial charge is 0.336 e. The molecule has 0 radical (unpaired) electrons. The van der Waals surface area contributed by atoms with Crippen molar-refractivity contribution in [3.05, 3.63) is 34.9 Å². The van der Waals surface area contributed by atoms with Crippen LogP contribution in [-0.2, 0) is 4.74 Å². The molecule has 0 aliphatic carbocycles. The molecule has 1 atom stereocenters. The third kappa shape index (κ3) is 3.99. The number of carbonyl (C=O) groups is 2. The van der Waals surface area contributed by atoms with Gasteiger partial charge in [-0.25, -0.2) is 13.6 Å². The van der Waals surface area contributed by atoms with Gasteiger partial charge in [-0.15, -0.1) is 0 Å². The van der Waals surface area contributed by atoms with Gasteiger partial charge in [-0.3, -0.25) is 4.79 Å². The van der Waals surface area contributed by atoms with Crippen LogP contribution < -0.4 is 10.6 Å². The Kier molecular flexibility index (Phi) is 5.40. The van der Waals surface area contributed by atoms with E-state index in [0.29, 0.717) is 31.9 Å². The summed E-state index contributed by atoms with van der Waals surface area (Å²) in [5.41, 5.74) is -0.986. The molecule has 1 heterocycles. The Bertz CT molecular complexity index is 572. The lowest BCUT2D eigenvalue weighted by Gasteiger charge is -2.15. The highest BCUT2D eigenvalue weighted by Gasteiger charge is 2.21. The number of carbonyl (C=O) groups excluding carboxylic acids is 1. The highest BCUT2D eigenvalue weighted by Crippen LogP contribution is 2.15. The first kappa shape index (κ1) is 16.3. The second kappa shape index (κ2) is 7.28. The highest BCUT2D eigenvalue weighted by atomic mass is 19.2. The summed E-state index contributed by atoms with van der Waals surface area (Å²) in [6, 6.07) is 1.10. The number of halogens is 2. The third-order valence-electron chi connectivity index (χ3n) is 3.30. The first-order chi connectivity index (χ1) is 10.5. The molecule has 1 saturated heterocycles. The Hall–Kier alpha value is -2.06. The van der Waals surface area contributed by atoms with Gasteiger partial charge in [-0.1, -0.05) is 0 Å². The number of aromatic carboxylic acids is 1. The number of ether oxygens (including phenoxy) is 1. The van der Waals surface area contributed by atoms with E-state index in [9.17, 15) is 18.4 Å². The van der Waals surface area contributed by atoms with Gasteiger partial charge in [-0.2, -0.15) is 0 Å². The fourth-order valence-corrected chi connectivity index (χ4v) is 2.13. The van der Waals surface area contributed by atoms with Gasteiger partial charge >= 0.3 is 5.97 Å². The molecular weight excluding hydrogens is 298 g/mol. The maximum absolute atomic E-state index is 13.3. The summed E-state index contributed by atoms with van der Waals surface area (Å²) in [6.45, 7) is 2.64. The van der Waals surface area contributed by atoms with Gasteiger partial charge in [0.2, 0.25) is 0 Å². The van der Waals surface area contributed by atoms with Crippen LogP contribution in [0.1, 0.15) is 20.7 Å². The second-order valence-electron chi connectivity index (χ2n) is 4.97. The van der Waals surface area contributed by atoms with Crippen molar-refractivity contribution in [3.63, 3.8) is 0 Å². The second-order valence-corrected chi connectivity index (χ2v) is 4.97. The lowest BCUT2D eigenvalue weighted by Crippen LogP contribution is -2.35. The van der Waals surface area contributed by atoms with Gasteiger partial charge in [0, 0.05) is 25.6 Å². The summed E-state index contributed by atoms with van der Waals surface area (Å²) in [7, 11) is 0. The van der Waals surface area contributed by atoms with E-state index >= 15 is 0 Å². The summed E-state index contributed by atoms with van der Waals surface area (Å²) in [4.78, 5) is 23.1. The molecule has 22 heavy (non-hydrogen) atoms. The molecule has 0 spiro atoms. The van der Waals surface area contributed by atoms with Crippen molar-refractivity contribution < 1.29 is 28.2 Å². The molecule has 1 unspecified atom stereocenters. The molecule has 2 rings (SSSR count). The predicted molar refractivity (Wildman–Crippen MR) is 72.8 cm³/mol. The average molecular weight is 314 g/mol. The zero-order chi connectivity index (χ0) is 16.1. The molecule has 0 saturated carbocycles. The summed E-state index contributed by atoms with van der Waals surface area (Å²) in [5, 5.41) is 14.6. The molecular formula is C14H16F2N2O4. The van der Waals surface area contributed by atoms with Gasteiger partial charge < -0.3 is 20.5 Å². The fourth-order valence-electron chi connectivity index (χ4n) is 2.13. The molecule has 0 aromatic heterocycles. The fraction of sp³-hybridized carbons (Fsp3) is 0.429. The molecule has 1 fully saturated rings. The molecule has 120 valence electrons. The van der Waals surface area contributed by atoms with Crippen LogP contribution in [-0.4, -0.2) is 49.8 Å². The van der Waals surface area contributed by atoms with E-state index in [2.05, 4.69) is 10.6 Å². The molecule has 1 aromatic rings. The molecule has 1 aromatic carbocycles. The van der Waals surface area contributed by atoms with Crippen LogP contribution >= 0.6 is 0 Å².